The number of aliphatic hydroxyl groups is 1. The van der Waals surface area contributed by atoms with Crippen molar-refractivity contribution in [2.75, 3.05) is 36.9 Å². The molecular weight excluding hydrogens is 414 g/mol. The first-order valence-corrected chi connectivity index (χ1v) is 11.8. The molecular formula is C21H29N7O2S. The number of aliphatic hydroxyl groups excluding tert-OH is 1. The second-order valence-corrected chi connectivity index (χ2v) is 9.37. The molecule has 2 aliphatic rings. The normalized spacial score (nSPS) is 22.6. The summed E-state index contributed by atoms with van der Waals surface area (Å²) in [4.78, 5) is 17.3. The minimum atomic E-state index is -0.0907. The van der Waals surface area contributed by atoms with Crippen LogP contribution in [0.25, 0.3) is 10.3 Å². The molecule has 0 aromatic carbocycles. The number of anilines is 3. The van der Waals surface area contributed by atoms with Gasteiger partial charge in [0.15, 0.2) is 10.6 Å². The highest BCUT2D eigenvalue weighted by Gasteiger charge is 2.27. The number of nitrogens with one attached hydrogen (secondary N) is 2. The lowest BCUT2D eigenvalue weighted by Crippen LogP contribution is -2.46. The predicted octanol–water partition coefficient (Wildman–Crippen LogP) is 2.72. The third kappa shape index (κ3) is 4.67. The van der Waals surface area contributed by atoms with E-state index in [9.17, 15) is 5.11 Å². The molecule has 0 amide bonds. The van der Waals surface area contributed by atoms with Gasteiger partial charge in [-0.15, -0.1) is 0 Å². The van der Waals surface area contributed by atoms with E-state index in [2.05, 4.69) is 25.5 Å². The van der Waals surface area contributed by atoms with E-state index in [1.165, 1.54) is 24.2 Å². The van der Waals surface area contributed by atoms with Gasteiger partial charge < -0.3 is 25.0 Å². The van der Waals surface area contributed by atoms with Gasteiger partial charge in [-0.2, -0.15) is 9.97 Å². The van der Waals surface area contributed by atoms with Crippen molar-refractivity contribution in [2.24, 2.45) is 7.05 Å². The molecule has 3 N–H and O–H groups in total. The maximum Gasteiger partial charge on any atom is 0.230 e. The maximum atomic E-state index is 9.56. The van der Waals surface area contributed by atoms with Crippen LogP contribution in [0.3, 0.4) is 0 Å². The SMILES string of the molecule is Cn1ccc(Nc2nc(N[C@H]3CC[C@H](N4CCOCC4)CC3)c3nc(CO)sc3n2)c1. The molecule has 5 rings (SSSR count). The van der Waals surface area contributed by atoms with E-state index in [0.29, 0.717) is 23.0 Å². The number of hydrogen-bond acceptors (Lipinski definition) is 9. The molecule has 1 saturated heterocycles. The lowest BCUT2D eigenvalue weighted by atomic mass is 9.90. The van der Waals surface area contributed by atoms with Crippen LogP contribution in [0.5, 0.6) is 0 Å². The van der Waals surface area contributed by atoms with Gasteiger partial charge >= 0.3 is 0 Å². The first-order chi connectivity index (χ1) is 15.2. The van der Waals surface area contributed by atoms with Crippen LogP contribution in [0.4, 0.5) is 17.5 Å². The molecule has 10 heteroatoms. The minimum absolute atomic E-state index is 0.0907. The third-order valence-electron chi connectivity index (χ3n) is 6.13. The van der Waals surface area contributed by atoms with Crippen LogP contribution in [-0.2, 0) is 18.4 Å². The molecule has 0 spiro atoms. The fourth-order valence-electron chi connectivity index (χ4n) is 4.52. The number of rotatable bonds is 6. The lowest BCUT2D eigenvalue weighted by molar-refractivity contribution is 0.00791. The standard InChI is InChI=1S/C21H29N7O2S/c1-27-7-6-15(12-27)23-21-25-19(18-20(26-21)31-17(13-29)24-18)22-14-2-4-16(5-3-14)28-8-10-30-11-9-28/h6-7,12,14,16,29H,2-5,8-11,13H2,1H3,(H2,22,23,25,26)/t14-,16-. The predicted molar refractivity (Wildman–Crippen MR) is 122 cm³/mol. The lowest BCUT2D eigenvalue weighted by Gasteiger charge is -2.39. The zero-order chi connectivity index (χ0) is 21.2. The number of thiazole rings is 1. The van der Waals surface area contributed by atoms with Crippen LogP contribution < -0.4 is 10.6 Å². The maximum absolute atomic E-state index is 9.56. The van der Waals surface area contributed by atoms with Gasteiger partial charge in [0.25, 0.3) is 0 Å². The Balaban J connectivity index is 1.32. The Morgan fingerprint density at radius 1 is 1.16 bits per heavy atom. The van der Waals surface area contributed by atoms with Crippen LogP contribution >= 0.6 is 11.3 Å². The van der Waals surface area contributed by atoms with Gasteiger partial charge in [0.2, 0.25) is 5.95 Å². The van der Waals surface area contributed by atoms with Gasteiger partial charge in [0, 0.05) is 44.6 Å². The van der Waals surface area contributed by atoms with Crippen molar-refractivity contribution in [1.29, 1.82) is 0 Å². The van der Waals surface area contributed by atoms with Crippen molar-refractivity contribution in [2.45, 2.75) is 44.4 Å². The van der Waals surface area contributed by atoms with Crippen molar-refractivity contribution < 1.29 is 9.84 Å². The van der Waals surface area contributed by atoms with E-state index >= 15 is 0 Å². The molecule has 1 aliphatic carbocycles. The van der Waals surface area contributed by atoms with Crippen LogP contribution in [0.15, 0.2) is 18.5 Å². The van der Waals surface area contributed by atoms with Crippen molar-refractivity contribution in [3.8, 4) is 0 Å². The number of fused-ring (bicyclic) bond motifs is 1. The quantitative estimate of drug-likeness (QED) is 0.535. The van der Waals surface area contributed by atoms with Crippen molar-refractivity contribution in [3.05, 3.63) is 23.5 Å². The molecule has 31 heavy (non-hydrogen) atoms. The molecule has 0 atom stereocenters. The number of hydrogen-bond donors (Lipinski definition) is 3. The first-order valence-electron chi connectivity index (χ1n) is 10.9. The number of ether oxygens (including phenoxy) is 1. The summed E-state index contributed by atoms with van der Waals surface area (Å²) < 4.78 is 7.47. The molecule has 3 aromatic heterocycles. The number of morpholine rings is 1. The summed E-state index contributed by atoms with van der Waals surface area (Å²) in [6, 6.07) is 3.00. The smallest absolute Gasteiger partial charge is 0.230 e. The van der Waals surface area contributed by atoms with E-state index < -0.39 is 0 Å². The summed E-state index contributed by atoms with van der Waals surface area (Å²) in [5, 5.41) is 17.1. The third-order valence-corrected chi connectivity index (χ3v) is 7.06. The molecule has 1 saturated carbocycles. The Morgan fingerprint density at radius 3 is 2.68 bits per heavy atom. The summed E-state index contributed by atoms with van der Waals surface area (Å²) in [5.41, 5.74) is 1.67. The molecule has 2 fully saturated rings. The highest BCUT2D eigenvalue weighted by molar-refractivity contribution is 7.18. The highest BCUT2D eigenvalue weighted by atomic mass is 32.1. The molecule has 0 radical (unpaired) electrons. The van der Waals surface area contributed by atoms with Gasteiger partial charge in [0.1, 0.15) is 10.5 Å². The zero-order valence-corrected chi connectivity index (χ0v) is 18.6. The van der Waals surface area contributed by atoms with Gasteiger partial charge in [-0.05, 0) is 31.7 Å². The summed E-state index contributed by atoms with van der Waals surface area (Å²) in [7, 11) is 1.98. The monoisotopic (exact) mass is 443 g/mol. The Hall–Kier alpha value is -2.27. The van der Waals surface area contributed by atoms with E-state index in [1.807, 2.05) is 30.1 Å². The average Bonchev–Trinajstić information content (AvgIpc) is 3.40. The molecule has 4 heterocycles. The van der Waals surface area contributed by atoms with Crippen LogP contribution in [0.1, 0.15) is 30.7 Å². The zero-order valence-electron chi connectivity index (χ0n) is 17.8. The van der Waals surface area contributed by atoms with Gasteiger partial charge in [-0.3, -0.25) is 4.90 Å². The second-order valence-electron chi connectivity index (χ2n) is 8.30. The minimum Gasteiger partial charge on any atom is -0.389 e. The Kier molecular flexibility index (Phi) is 6.04. The molecule has 0 bridgehead atoms. The van der Waals surface area contributed by atoms with E-state index in [0.717, 1.165) is 61.0 Å². The topological polar surface area (TPSA) is 100 Å². The van der Waals surface area contributed by atoms with Gasteiger partial charge in [0.05, 0.1) is 25.5 Å². The first kappa shape index (κ1) is 20.6. The summed E-state index contributed by atoms with van der Waals surface area (Å²) in [5.74, 6) is 1.28. The fraction of sp³-hybridized carbons (Fsp3) is 0.571. The van der Waals surface area contributed by atoms with Crippen molar-refractivity contribution >= 4 is 39.1 Å². The van der Waals surface area contributed by atoms with Crippen molar-refractivity contribution in [3.63, 3.8) is 0 Å². The number of nitrogens with zero attached hydrogens (tertiary/aromatic N) is 5. The largest absolute Gasteiger partial charge is 0.389 e. The van der Waals surface area contributed by atoms with Crippen LogP contribution in [0.2, 0.25) is 0 Å². The second kappa shape index (κ2) is 9.07. The average molecular weight is 444 g/mol. The van der Waals surface area contributed by atoms with Crippen molar-refractivity contribution in [1.82, 2.24) is 24.4 Å². The van der Waals surface area contributed by atoms with E-state index in [-0.39, 0.29) is 6.61 Å². The Bertz CT molecular complexity index is 1020. The van der Waals surface area contributed by atoms with E-state index in [4.69, 9.17) is 9.72 Å². The fourth-order valence-corrected chi connectivity index (χ4v) is 5.31. The Morgan fingerprint density at radius 2 is 1.97 bits per heavy atom. The summed E-state index contributed by atoms with van der Waals surface area (Å²) in [6.07, 6.45) is 8.53. The molecule has 1 aliphatic heterocycles. The highest BCUT2D eigenvalue weighted by Crippen LogP contribution is 2.31. The van der Waals surface area contributed by atoms with Gasteiger partial charge in [-0.1, -0.05) is 11.3 Å². The van der Waals surface area contributed by atoms with Crippen LogP contribution in [0, 0.1) is 0 Å². The van der Waals surface area contributed by atoms with Crippen LogP contribution in [-0.4, -0.2) is 67.9 Å². The molecule has 0 unspecified atom stereocenters. The molecule has 166 valence electrons. The van der Waals surface area contributed by atoms with E-state index in [1.54, 1.807) is 0 Å². The summed E-state index contributed by atoms with van der Waals surface area (Å²) >= 11 is 1.41. The number of aryl methyl sites for hydroxylation is 1. The molecule has 9 nitrogen and oxygen atoms in total. The summed E-state index contributed by atoms with van der Waals surface area (Å²) in [6.45, 7) is 3.71. The molecule has 3 aromatic rings. The van der Waals surface area contributed by atoms with Gasteiger partial charge in [-0.25, -0.2) is 4.98 Å². The number of aromatic nitrogens is 4. The Labute approximate surface area is 185 Å².